The molecule has 114 valence electrons. The monoisotopic (exact) mass is 279 g/mol. The summed E-state index contributed by atoms with van der Waals surface area (Å²) in [7, 11) is 5.68. The minimum absolute atomic E-state index is 0.00217. The second-order valence-corrected chi connectivity index (χ2v) is 7.75. The summed E-state index contributed by atoms with van der Waals surface area (Å²) in [6.07, 6.45) is 5.88. The molecule has 1 fully saturated rings. The lowest BCUT2D eigenvalue weighted by Gasteiger charge is -2.28. The van der Waals surface area contributed by atoms with E-state index in [0.29, 0.717) is 32.0 Å². The lowest BCUT2D eigenvalue weighted by atomic mass is 9.80. The van der Waals surface area contributed by atoms with Crippen molar-refractivity contribution >= 4 is 13.8 Å². The van der Waals surface area contributed by atoms with E-state index in [9.17, 15) is 4.79 Å². The second kappa shape index (κ2) is 7.49. The van der Waals surface area contributed by atoms with Crippen molar-refractivity contribution in [3.63, 3.8) is 0 Å². The zero-order valence-electron chi connectivity index (χ0n) is 13.6. The van der Waals surface area contributed by atoms with Gasteiger partial charge in [-0.05, 0) is 23.7 Å². The lowest BCUT2D eigenvalue weighted by Crippen LogP contribution is -2.37. The third-order valence-corrected chi connectivity index (χ3v) is 3.90. The number of carbonyl (C=O) groups excluding carboxylic acids is 1. The Labute approximate surface area is 125 Å². The summed E-state index contributed by atoms with van der Waals surface area (Å²) in [5, 5.41) is 3.14. The fraction of sp³-hybridized carbons (Fsp3) is 0.938. The van der Waals surface area contributed by atoms with Crippen molar-refractivity contribution in [3.8, 4) is 0 Å². The number of ether oxygens (including phenoxy) is 1. The Morgan fingerprint density at radius 3 is 2.25 bits per heavy atom. The molecule has 0 atom stereocenters. The number of rotatable bonds is 8. The number of amides is 1. The zero-order valence-corrected chi connectivity index (χ0v) is 13.6. The van der Waals surface area contributed by atoms with Gasteiger partial charge in [0.15, 0.2) is 0 Å². The highest BCUT2D eigenvalue weighted by Crippen LogP contribution is 2.25. The highest BCUT2D eigenvalue weighted by atomic mass is 16.5. The first-order chi connectivity index (χ1) is 9.24. The molecule has 0 aliphatic heterocycles. The number of hydrogen-bond donors (Lipinski definition) is 1. The summed E-state index contributed by atoms with van der Waals surface area (Å²) in [6, 6.07) is 0.399. The van der Waals surface area contributed by atoms with Gasteiger partial charge in [-0.2, -0.15) is 0 Å². The maximum absolute atomic E-state index is 12.0. The standard InChI is InChI=1S/C16H30BNO2/c1-15(2,11-20-12-16(3,4)10-17)9-14(19)18-13-7-5-6-8-13/h13H,5-12H2,1-4H3,(H,18,19). The molecule has 1 rings (SSSR count). The summed E-state index contributed by atoms with van der Waals surface area (Å²) in [4.78, 5) is 12.0. The number of nitrogens with one attached hydrogen (secondary N) is 1. The van der Waals surface area contributed by atoms with Gasteiger partial charge in [0.2, 0.25) is 5.91 Å². The second-order valence-electron chi connectivity index (χ2n) is 7.75. The molecule has 4 heteroatoms. The van der Waals surface area contributed by atoms with Gasteiger partial charge in [-0.3, -0.25) is 4.79 Å². The lowest BCUT2D eigenvalue weighted by molar-refractivity contribution is -0.124. The maximum Gasteiger partial charge on any atom is 0.220 e. The van der Waals surface area contributed by atoms with Crippen molar-refractivity contribution in [2.75, 3.05) is 13.2 Å². The average molecular weight is 279 g/mol. The van der Waals surface area contributed by atoms with E-state index in [0.717, 1.165) is 12.8 Å². The van der Waals surface area contributed by atoms with Gasteiger partial charge >= 0.3 is 0 Å². The van der Waals surface area contributed by atoms with Crippen molar-refractivity contribution in [1.82, 2.24) is 5.32 Å². The van der Waals surface area contributed by atoms with Crippen molar-refractivity contribution in [2.45, 2.75) is 72.2 Å². The van der Waals surface area contributed by atoms with Gasteiger partial charge in [-0.15, -0.1) is 0 Å². The predicted molar refractivity (Wildman–Crippen MR) is 84.0 cm³/mol. The van der Waals surface area contributed by atoms with Crippen LogP contribution in [0.3, 0.4) is 0 Å². The minimum Gasteiger partial charge on any atom is -0.380 e. The number of hydrogen-bond acceptors (Lipinski definition) is 2. The van der Waals surface area contributed by atoms with E-state index in [2.05, 4.69) is 33.0 Å². The molecule has 0 spiro atoms. The molecule has 0 aromatic heterocycles. The van der Waals surface area contributed by atoms with Crippen LogP contribution in [0.4, 0.5) is 0 Å². The van der Waals surface area contributed by atoms with Gasteiger partial charge in [0.25, 0.3) is 0 Å². The first-order valence-corrected chi connectivity index (χ1v) is 7.81. The first kappa shape index (κ1) is 17.5. The average Bonchev–Trinajstić information content (AvgIpc) is 2.80. The number of carbonyl (C=O) groups is 1. The molecule has 2 radical (unpaired) electrons. The van der Waals surface area contributed by atoms with Crippen molar-refractivity contribution in [1.29, 1.82) is 0 Å². The van der Waals surface area contributed by atoms with Crippen LogP contribution in [0.25, 0.3) is 0 Å². The van der Waals surface area contributed by atoms with E-state index in [-0.39, 0.29) is 16.7 Å². The molecule has 20 heavy (non-hydrogen) atoms. The molecule has 3 nitrogen and oxygen atoms in total. The zero-order chi connectivity index (χ0) is 15.2. The molecular formula is C16H30BNO2. The summed E-state index contributed by atoms with van der Waals surface area (Å²) in [5.74, 6) is 0.156. The molecule has 1 amide bonds. The van der Waals surface area contributed by atoms with Crippen LogP contribution in [0.5, 0.6) is 0 Å². The van der Waals surface area contributed by atoms with Gasteiger partial charge in [-0.25, -0.2) is 0 Å². The molecular weight excluding hydrogens is 249 g/mol. The van der Waals surface area contributed by atoms with Crippen LogP contribution in [-0.2, 0) is 9.53 Å². The molecule has 0 aromatic carbocycles. The van der Waals surface area contributed by atoms with Crippen LogP contribution >= 0.6 is 0 Å². The van der Waals surface area contributed by atoms with Crippen LogP contribution < -0.4 is 5.32 Å². The topological polar surface area (TPSA) is 38.3 Å². The molecule has 1 aliphatic rings. The summed E-state index contributed by atoms with van der Waals surface area (Å²) in [6.45, 7) is 9.57. The van der Waals surface area contributed by atoms with Gasteiger partial charge < -0.3 is 10.1 Å². The Morgan fingerprint density at radius 2 is 1.70 bits per heavy atom. The molecule has 1 saturated carbocycles. The highest BCUT2D eigenvalue weighted by molar-refractivity contribution is 6.08. The van der Waals surface area contributed by atoms with Gasteiger partial charge in [0.05, 0.1) is 21.1 Å². The Morgan fingerprint density at radius 1 is 1.15 bits per heavy atom. The normalized spacial score (nSPS) is 17.4. The largest absolute Gasteiger partial charge is 0.380 e. The predicted octanol–water partition coefficient (Wildman–Crippen LogP) is 3.09. The molecule has 1 N–H and O–H groups in total. The van der Waals surface area contributed by atoms with Crippen LogP contribution in [0, 0.1) is 10.8 Å². The summed E-state index contributed by atoms with van der Waals surface area (Å²) < 4.78 is 5.76. The van der Waals surface area contributed by atoms with Gasteiger partial charge in [0.1, 0.15) is 0 Å². The van der Waals surface area contributed by atoms with Crippen LogP contribution in [-0.4, -0.2) is 33.0 Å². The summed E-state index contributed by atoms with van der Waals surface area (Å²) in [5.41, 5.74) is -0.129. The highest BCUT2D eigenvalue weighted by Gasteiger charge is 2.26. The SMILES string of the molecule is [B]CC(C)(C)COCC(C)(C)CC(=O)NC1CCCC1. The Kier molecular flexibility index (Phi) is 6.57. The Bertz CT molecular complexity index is 310. The molecule has 0 saturated heterocycles. The summed E-state index contributed by atoms with van der Waals surface area (Å²) >= 11 is 0. The smallest absolute Gasteiger partial charge is 0.220 e. The van der Waals surface area contributed by atoms with Crippen molar-refractivity contribution < 1.29 is 9.53 Å². The van der Waals surface area contributed by atoms with Crippen LogP contribution in [0.15, 0.2) is 0 Å². The fourth-order valence-electron chi connectivity index (χ4n) is 2.50. The van der Waals surface area contributed by atoms with Crippen LogP contribution in [0.1, 0.15) is 59.8 Å². The fourth-order valence-corrected chi connectivity index (χ4v) is 2.50. The molecule has 0 aromatic rings. The van der Waals surface area contributed by atoms with E-state index in [1.807, 2.05) is 0 Å². The van der Waals surface area contributed by atoms with Gasteiger partial charge in [0, 0.05) is 12.5 Å². The molecule has 0 heterocycles. The third-order valence-electron chi connectivity index (χ3n) is 3.90. The molecule has 0 unspecified atom stereocenters. The third kappa shape index (κ3) is 6.78. The van der Waals surface area contributed by atoms with Crippen LogP contribution in [0.2, 0.25) is 6.32 Å². The van der Waals surface area contributed by atoms with Gasteiger partial charge in [-0.1, -0.05) is 46.9 Å². The Hall–Kier alpha value is -0.505. The quantitative estimate of drug-likeness (QED) is 0.693. The van der Waals surface area contributed by atoms with E-state index >= 15 is 0 Å². The first-order valence-electron chi connectivity index (χ1n) is 7.81. The van der Waals surface area contributed by atoms with E-state index in [1.54, 1.807) is 0 Å². The minimum atomic E-state index is -0.132. The molecule has 0 bridgehead atoms. The van der Waals surface area contributed by atoms with E-state index < -0.39 is 0 Å². The van der Waals surface area contributed by atoms with Crippen molar-refractivity contribution in [3.05, 3.63) is 0 Å². The van der Waals surface area contributed by atoms with E-state index in [1.165, 1.54) is 12.8 Å². The van der Waals surface area contributed by atoms with E-state index in [4.69, 9.17) is 12.6 Å². The Balaban J connectivity index is 2.27. The maximum atomic E-state index is 12.0. The van der Waals surface area contributed by atoms with Crippen molar-refractivity contribution in [2.24, 2.45) is 10.8 Å². The molecule has 1 aliphatic carbocycles.